The van der Waals surface area contributed by atoms with Crippen molar-refractivity contribution in [2.45, 2.75) is 20.3 Å². The summed E-state index contributed by atoms with van der Waals surface area (Å²) < 4.78 is 0. The molecule has 0 saturated heterocycles. The van der Waals surface area contributed by atoms with E-state index >= 15 is 0 Å². The van der Waals surface area contributed by atoms with Gasteiger partial charge in [-0.2, -0.15) is 0 Å². The molecule has 88 valence electrons. The number of carbonyl (C=O) groups is 2. The Hall–Kier alpha value is -1.92. The van der Waals surface area contributed by atoms with Crippen LogP contribution in [0.1, 0.15) is 30.3 Å². The summed E-state index contributed by atoms with van der Waals surface area (Å²) in [5.41, 5.74) is 5.03. The van der Waals surface area contributed by atoms with Crippen molar-refractivity contribution in [3.05, 3.63) is 11.6 Å². The average molecular weight is 225 g/mol. The maximum Gasteiger partial charge on any atom is 0.293 e. The Kier molecular flexibility index (Phi) is 3.98. The molecule has 16 heavy (non-hydrogen) atoms. The Bertz CT molecular complexity index is 387. The van der Waals surface area contributed by atoms with Crippen LogP contribution in [0.3, 0.4) is 0 Å². The molecule has 2 amide bonds. The summed E-state index contributed by atoms with van der Waals surface area (Å²) in [5, 5.41) is 6.43. The highest BCUT2D eigenvalue weighted by molar-refractivity contribution is 5.93. The first-order valence-corrected chi connectivity index (χ1v) is 5.07. The molecule has 0 unspecified atom stereocenters. The summed E-state index contributed by atoms with van der Waals surface area (Å²) in [6.07, 6.45) is 0.669. The van der Waals surface area contributed by atoms with E-state index in [1.807, 2.05) is 6.92 Å². The second kappa shape index (κ2) is 5.24. The number of aromatic amines is 1. The van der Waals surface area contributed by atoms with E-state index in [1.165, 1.54) is 4.90 Å². The van der Waals surface area contributed by atoms with E-state index in [9.17, 15) is 9.59 Å². The number of hydrogen-bond acceptors (Lipinski definition) is 4. The number of aryl methyl sites for hydroxylation is 1. The highest BCUT2D eigenvalue weighted by Gasteiger charge is 2.19. The Labute approximate surface area is 93.0 Å². The molecule has 0 aliphatic rings. The van der Waals surface area contributed by atoms with Gasteiger partial charge in [0.25, 0.3) is 5.91 Å². The van der Waals surface area contributed by atoms with Crippen LogP contribution in [-0.4, -0.2) is 45.0 Å². The van der Waals surface area contributed by atoms with Crippen molar-refractivity contribution in [2.75, 3.05) is 13.1 Å². The number of aromatic nitrogens is 3. The normalized spacial score (nSPS) is 10.1. The summed E-state index contributed by atoms with van der Waals surface area (Å²) >= 11 is 0. The van der Waals surface area contributed by atoms with Gasteiger partial charge >= 0.3 is 0 Å². The number of hydrogen-bond donors (Lipinski definition) is 2. The van der Waals surface area contributed by atoms with Gasteiger partial charge in [-0.1, -0.05) is 6.92 Å². The fraction of sp³-hybridized carbons (Fsp3) is 0.556. The van der Waals surface area contributed by atoms with E-state index in [1.54, 1.807) is 6.92 Å². The summed E-state index contributed by atoms with van der Waals surface area (Å²) in [6, 6.07) is 0. The molecule has 1 aromatic rings. The van der Waals surface area contributed by atoms with Crippen LogP contribution in [0.5, 0.6) is 0 Å². The lowest BCUT2D eigenvalue weighted by Gasteiger charge is -2.16. The lowest BCUT2D eigenvalue weighted by molar-refractivity contribution is -0.118. The maximum absolute atomic E-state index is 11.8. The van der Waals surface area contributed by atoms with Gasteiger partial charge in [0.05, 0.1) is 6.54 Å². The zero-order valence-corrected chi connectivity index (χ0v) is 9.36. The highest BCUT2D eigenvalue weighted by atomic mass is 16.2. The molecule has 7 heteroatoms. The van der Waals surface area contributed by atoms with Gasteiger partial charge in [0.15, 0.2) is 0 Å². The number of H-pyrrole nitrogens is 1. The first-order valence-electron chi connectivity index (χ1n) is 5.07. The number of primary amides is 1. The van der Waals surface area contributed by atoms with E-state index in [0.29, 0.717) is 18.8 Å². The predicted octanol–water partition coefficient (Wildman–Crippen LogP) is -0.685. The van der Waals surface area contributed by atoms with Crippen molar-refractivity contribution >= 4 is 11.8 Å². The number of rotatable bonds is 5. The third-order valence-corrected chi connectivity index (χ3v) is 2.07. The van der Waals surface area contributed by atoms with Gasteiger partial charge in [-0.05, 0) is 6.92 Å². The molecular formula is C9H15N5O2. The van der Waals surface area contributed by atoms with Crippen LogP contribution in [0.2, 0.25) is 0 Å². The smallest absolute Gasteiger partial charge is 0.293 e. The van der Waals surface area contributed by atoms with Crippen molar-refractivity contribution in [2.24, 2.45) is 5.73 Å². The van der Waals surface area contributed by atoms with Crippen molar-refractivity contribution in [3.8, 4) is 0 Å². The molecule has 0 radical (unpaired) electrons. The first kappa shape index (κ1) is 12.2. The van der Waals surface area contributed by atoms with Crippen LogP contribution in [0, 0.1) is 0 Å². The van der Waals surface area contributed by atoms with Crippen LogP contribution in [0.15, 0.2) is 0 Å². The van der Waals surface area contributed by atoms with Crippen molar-refractivity contribution in [3.63, 3.8) is 0 Å². The zero-order chi connectivity index (χ0) is 12.1. The molecule has 0 spiro atoms. The van der Waals surface area contributed by atoms with E-state index in [-0.39, 0.29) is 12.4 Å². The number of amides is 2. The Morgan fingerprint density at radius 3 is 2.56 bits per heavy atom. The third kappa shape index (κ3) is 2.78. The van der Waals surface area contributed by atoms with E-state index in [2.05, 4.69) is 15.2 Å². The molecule has 1 aromatic heterocycles. The third-order valence-electron chi connectivity index (χ3n) is 2.07. The van der Waals surface area contributed by atoms with Crippen LogP contribution >= 0.6 is 0 Å². The van der Waals surface area contributed by atoms with Gasteiger partial charge in [-0.25, -0.2) is 4.98 Å². The van der Waals surface area contributed by atoms with Gasteiger partial charge in [-0.15, -0.1) is 5.10 Å². The van der Waals surface area contributed by atoms with E-state index in [4.69, 9.17) is 5.73 Å². The highest BCUT2D eigenvalue weighted by Crippen LogP contribution is 2.00. The molecule has 3 N–H and O–H groups in total. The van der Waals surface area contributed by atoms with Gasteiger partial charge in [-0.3, -0.25) is 14.7 Å². The summed E-state index contributed by atoms with van der Waals surface area (Å²) in [6.45, 7) is 3.92. The average Bonchev–Trinajstić information content (AvgIpc) is 2.73. The first-order chi connectivity index (χ1) is 7.58. The molecule has 0 fully saturated rings. The predicted molar refractivity (Wildman–Crippen MR) is 56.5 cm³/mol. The molecule has 0 atom stereocenters. The van der Waals surface area contributed by atoms with Crippen molar-refractivity contribution < 1.29 is 9.59 Å². The number of nitrogens with one attached hydrogen (secondary N) is 1. The minimum atomic E-state index is -0.554. The van der Waals surface area contributed by atoms with Crippen LogP contribution in [-0.2, 0) is 11.2 Å². The molecule has 0 saturated carbocycles. The maximum atomic E-state index is 11.8. The Balaban J connectivity index is 2.78. The second-order valence-corrected chi connectivity index (χ2v) is 3.24. The van der Waals surface area contributed by atoms with Crippen molar-refractivity contribution in [1.29, 1.82) is 0 Å². The SMILES string of the molecule is CCc1nc(C(=O)N(CC)CC(N)=O)n[nH]1. The Morgan fingerprint density at radius 2 is 2.12 bits per heavy atom. The molecule has 0 aliphatic carbocycles. The fourth-order valence-electron chi connectivity index (χ4n) is 1.21. The fourth-order valence-corrected chi connectivity index (χ4v) is 1.21. The number of likely N-dealkylation sites (N-methyl/N-ethyl adjacent to an activating group) is 1. The van der Waals surface area contributed by atoms with Gasteiger partial charge in [0, 0.05) is 13.0 Å². The number of nitrogens with two attached hydrogens (primary N) is 1. The Morgan fingerprint density at radius 1 is 1.44 bits per heavy atom. The lowest BCUT2D eigenvalue weighted by Crippen LogP contribution is -2.38. The molecule has 0 aliphatic heterocycles. The standard InChI is InChI=1S/C9H15N5O2/c1-3-7-11-8(13-12-7)9(16)14(4-2)5-6(10)15/h3-5H2,1-2H3,(H2,10,15)(H,11,12,13). The lowest BCUT2D eigenvalue weighted by atomic mass is 10.4. The summed E-state index contributed by atoms with van der Waals surface area (Å²) in [7, 11) is 0. The number of carbonyl (C=O) groups excluding carboxylic acids is 2. The molecular weight excluding hydrogens is 210 g/mol. The minimum Gasteiger partial charge on any atom is -0.368 e. The molecule has 0 bridgehead atoms. The van der Waals surface area contributed by atoms with Crippen molar-refractivity contribution in [1.82, 2.24) is 20.1 Å². The zero-order valence-electron chi connectivity index (χ0n) is 9.36. The van der Waals surface area contributed by atoms with E-state index in [0.717, 1.165) is 0 Å². The summed E-state index contributed by atoms with van der Waals surface area (Å²) in [5.74, 6) is -0.239. The quantitative estimate of drug-likeness (QED) is 0.692. The van der Waals surface area contributed by atoms with Crippen LogP contribution in [0.25, 0.3) is 0 Å². The van der Waals surface area contributed by atoms with E-state index < -0.39 is 11.8 Å². The topological polar surface area (TPSA) is 105 Å². The largest absolute Gasteiger partial charge is 0.368 e. The molecule has 1 heterocycles. The minimum absolute atomic E-state index is 0.0694. The molecule has 7 nitrogen and oxygen atoms in total. The van der Waals surface area contributed by atoms with Gasteiger partial charge in [0.2, 0.25) is 11.7 Å². The second-order valence-electron chi connectivity index (χ2n) is 3.24. The number of nitrogens with zero attached hydrogens (tertiary/aromatic N) is 3. The van der Waals surface area contributed by atoms with Crippen LogP contribution in [0.4, 0.5) is 0 Å². The molecule has 1 rings (SSSR count). The monoisotopic (exact) mass is 225 g/mol. The van der Waals surface area contributed by atoms with Gasteiger partial charge in [0.1, 0.15) is 5.82 Å². The molecule has 0 aromatic carbocycles. The van der Waals surface area contributed by atoms with Gasteiger partial charge < -0.3 is 10.6 Å². The van der Waals surface area contributed by atoms with Crippen LogP contribution < -0.4 is 5.73 Å². The summed E-state index contributed by atoms with van der Waals surface area (Å²) in [4.78, 5) is 27.9.